The summed E-state index contributed by atoms with van der Waals surface area (Å²) < 4.78 is 0. The molecule has 1 aromatic rings. The number of likely N-dealkylation sites (tertiary alicyclic amines) is 1. The highest BCUT2D eigenvalue weighted by Gasteiger charge is 2.32. The third kappa shape index (κ3) is 3.23. The maximum atomic E-state index is 12.4. The third-order valence-electron chi connectivity index (χ3n) is 4.62. The minimum Gasteiger partial charge on any atom is -0.348 e. The molecule has 1 amide bonds. The van der Waals surface area contributed by atoms with Crippen LogP contribution in [0.1, 0.15) is 55.6 Å². The topological polar surface area (TPSA) is 58.1 Å². The van der Waals surface area contributed by atoms with Crippen molar-refractivity contribution in [3.05, 3.63) is 23.5 Å². The first kappa shape index (κ1) is 14.4. The number of carbonyl (C=O) groups excluding carboxylic acids is 1. The second-order valence-electron chi connectivity index (χ2n) is 6.75. The summed E-state index contributed by atoms with van der Waals surface area (Å²) in [5, 5.41) is 11.3. The summed E-state index contributed by atoms with van der Waals surface area (Å²) in [5.74, 6) is 0.982. The molecule has 3 rings (SSSR count). The van der Waals surface area contributed by atoms with E-state index in [-0.39, 0.29) is 11.9 Å². The van der Waals surface area contributed by atoms with Crippen molar-refractivity contribution in [1.82, 2.24) is 20.4 Å². The lowest BCUT2D eigenvalue weighted by molar-refractivity contribution is 0.0930. The molecule has 0 spiro atoms. The van der Waals surface area contributed by atoms with Gasteiger partial charge in [-0.25, -0.2) is 0 Å². The van der Waals surface area contributed by atoms with Crippen molar-refractivity contribution in [1.29, 1.82) is 0 Å². The zero-order valence-corrected chi connectivity index (χ0v) is 13.0. The first-order valence-electron chi connectivity index (χ1n) is 7.92. The molecule has 1 saturated carbocycles. The van der Waals surface area contributed by atoms with E-state index in [0.29, 0.717) is 23.4 Å². The van der Waals surface area contributed by atoms with Gasteiger partial charge in [-0.05, 0) is 38.7 Å². The minimum atomic E-state index is -0.0192. The van der Waals surface area contributed by atoms with Crippen LogP contribution in [-0.2, 0) is 0 Å². The van der Waals surface area contributed by atoms with E-state index in [4.69, 9.17) is 0 Å². The Balaban J connectivity index is 1.64. The van der Waals surface area contributed by atoms with E-state index in [1.165, 1.54) is 12.8 Å². The molecule has 2 fully saturated rings. The second kappa shape index (κ2) is 5.72. The SMILES string of the molecule is CC(C)N1C[C@H](NC(=O)c2cnnc(C3CC3)c2)[C@@H](C)C1. The fourth-order valence-electron chi connectivity index (χ4n) is 2.95. The van der Waals surface area contributed by atoms with E-state index >= 15 is 0 Å². The number of carbonyl (C=O) groups is 1. The predicted octanol–water partition coefficient (Wildman–Crippen LogP) is 1.81. The smallest absolute Gasteiger partial charge is 0.253 e. The number of hydrogen-bond donors (Lipinski definition) is 1. The summed E-state index contributed by atoms with van der Waals surface area (Å²) in [6.07, 6.45) is 3.91. The number of nitrogens with zero attached hydrogens (tertiary/aromatic N) is 3. The molecule has 0 radical (unpaired) electrons. The van der Waals surface area contributed by atoms with Crippen molar-refractivity contribution in [2.75, 3.05) is 13.1 Å². The number of nitrogens with one attached hydrogen (secondary N) is 1. The average molecular weight is 288 g/mol. The Bertz CT molecular complexity index is 527. The molecular weight excluding hydrogens is 264 g/mol. The lowest BCUT2D eigenvalue weighted by Crippen LogP contribution is -2.40. The molecule has 0 unspecified atom stereocenters. The van der Waals surface area contributed by atoms with Gasteiger partial charge in [0.05, 0.1) is 17.5 Å². The maximum Gasteiger partial charge on any atom is 0.253 e. The molecule has 0 bridgehead atoms. The van der Waals surface area contributed by atoms with Crippen molar-refractivity contribution < 1.29 is 4.79 Å². The Morgan fingerprint density at radius 2 is 2.14 bits per heavy atom. The summed E-state index contributed by atoms with van der Waals surface area (Å²) in [7, 11) is 0. The fourth-order valence-corrected chi connectivity index (χ4v) is 2.95. The minimum absolute atomic E-state index is 0.0192. The lowest BCUT2D eigenvalue weighted by atomic mass is 10.1. The van der Waals surface area contributed by atoms with Gasteiger partial charge in [-0.15, -0.1) is 0 Å². The van der Waals surface area contributed by atoms with Crippen LogP contribution < -0.4 is 5.32 Å². The Morgan fingerprint density at radius 1 is 1.38 bits per heavy atom. The van der Waals surface area contributed by atoms with Crippen LogP contribution in [0.4, 0.5) is 0 Å². The monoisotopic (exact) mass is 288 g/mol. The molecule has 2 atom stereocenters. The Kier molecular flexibility index (Phi) is 3.93. The van der Waals surface area contributed by atoms with Crippen LogP contribution in [0.5, 0.6) is 0 Å². The Labute approximate surface area is 126 Å². The van der Waals surface area contributed by atoms with Crippen LogP contribution in [0, 0.1) is 5.92 Å². The van der Waals surface area contributed by atoms with Gasteiger partial charge >= 0.3 is 0 Å². The van der Waals surface area contributed by atoms with Gasteiger partial charge in [-0.2, -0.15) is 10.2 Å². The number of rotatable bonds is 4. The second-order valence-corrected chi connectivity index (χ2v) is 6.75. The molecule has 2 heterocycles. The van der Waals surface area contributed by atoms with Crippen LogP contribution in [0.25, 0.3) is 0 Å². The third-order valence-corrected chi connectivity index (χ3v) is 4.62. The van der Waals surface area contributed by atoms with Crippen LogP contribution in [0.15, 0.2) is 12.3 Å². The summed E-state index contributed by atoms with van der Waals surface area (Å²) in [6.45, 7) is 8.58. The maximum absolute atomic E-state index is 12.4. The molecule has 1 saturated heterocycles. The van der Waals surface area contributed by atoms with E-state index in [1.54, 1.807) is 6.20 Å². The van der Waals surface area contributed by atoms with Crippen molar-refractivity contribution in [2.45, 2.75) is 51.6 Å². The van der Waals surface area contributed by atoms with Crippen molar-refractivity contribution >= 4 is 5.91 Å². The van der Waals surface area contributed by atoms with E-state index in [0.717, 1.165) is 18.8 Å². The van der Waals surface area contributed by atoms with E-state index in [1.807, 2.05) is 6.07 Å². The van der Waals surface area contributed by atoms with Gasteiger partial charge in [-0.3, -0.25) is 9.69 Å². The van der Waals surface area contributed by atoms with Crippen LogP contribution in [0.3, 0.4) is 0 Å². The van der Waals surface area contributed by atoms with Gasteiger partial charge in [0.25, 0.3) is 5.91 Å². The van der Waals surface area contributed by atoms with E-state index in [9.17, 15) is 4.79 Å². The Hall–Kier alpha value is -1.49. The highest BCUT2D eigenvalue weighted by Crippen LogP contribution is 2.38. The number of aromatic nitrogens is 2. The molecule has 0 aromatic carbocycles. The highest BCUT2D eigenvalue weighted by molar-refractivity contribution is 5.94. The highest BCUT2D eigenvalue weighted by atomic mass is 16.1. The molecule has 1 N–H and O–H groups in total. The summed E-state index contributed by atoms with van der Waals surface area (Å²) in [4.78, 5) is 14.8. The molecule has 1 aliphatic heterocycles. The summed E-state index contributed by atoms with van der Waals surface area (Å²) in [5.41, 5.74) is 1.60. The van der Waals surface area contributed by atoms with Crippen LogP contribution in [0.2, 0.25) is 0 Å². The molecule has 5 heteroatoms. The summed E-state index contributed by atoms with van der Waals surface area (Å²) >= 11 is 0. The van der Waals surface area contributed by atoms with Gasteiger partial charge in [0, 0.05) is 31.1 Å². The normalized spacial score (nSPS) is 26.3. The van der Waals surface area contributed by atoms with E-state index < -0.39 is 0 Å². The first-order valence-corrected chi connectivity index (χ1v) is 7.92. The average Bonchev–Trinajstić information content (AvgIpc) is 3.24. The molecular formula is C16H24N4O. The first-order chi connectivity index (χ1) is 10.0. The zero-order chi connectivity index (χ0) is 15.0. The van der Waals surface area contributed by atoms with Crippen molar-refractivity contribution in [2.24, 2.45) is 5.92 Å². The lowest BCUT2D eigenvalue weighted by Gasteiger charge is -2.20. The number of amides is 1. The Morgan fingerprint density at radius 3 is 2.76 bits per heavy atom. The largest absolute Gasteiger partial charge is 0.348 e. The molecule has 1 aliphatic carbocycles. The standard InChI is InChI=1S/C16H24N4O/c1-10(2)20-8-11(3)15(9-20)18-16(21)13-6-14(12-4-5-12)19-17-7-13/h6-7,10-12,15H,4-5,8-9H2,1-3H3,(H,18,21)/t11-,15-/m0/s1. The van der Waals surface area contributed by atoms with Gasteiger partial charge in [0.2, 0.25) is 0 Å². The molecule has 2 aliphatic rings. The van der Waals surface area contributed by atoms with Gasteiger partial charge in [0.15, 0.2) is 0 Å². The zero-order valence-electron chi connectivity index (χ0n) is 13.0. The number of hydrogen-bond acceptors (Lipinski definition) is 4. The van der Waals surface area contributed by atoms with Gasteiger partial charge < -0.3 is 5.32 Å². The molecule has 1 aromatic heterocycles. The van der Waals surface area contributed by atoms with Crippen molar-refractivity contribution in [3.63, 3.8) is 0 Å². The molecule has 114 valence electrons. The van der Waals surface area contributed by atoms with Crippen molar-refractivity contribution in [3.8, 4) is 0 Å². The molecule has 21 heavy (non-hydrogen) atoms. The quantitative estimate of drug-likeness (QED) is 0.918. The van der Waals surface area contributed by atoms with Crippen LogP contribution >= 0.6 is 0 Å². The summed E-state index contributed by atoms with van der Waals surface area (Å²) in [6, 6.07) is 2.65. The predicted molar refractivity (Wildman–Crippen MR) is 81.1 cm³/mol. The van der Waals surface area contributed by atoms with Gasteiger partial charge in [-0.1, -0.05) is 6.92 Å². The van der Waals surface area contributed by atoms with Crippen LogP contribution in [-0.4, -0.2) is 46.2 Å². The fraction of sp³-hybridized carbons (Fsp3) is 0.688. The van der Waals surface area contributed by atoms with E-state index in [2.05, 4.69) is 41.2 Å². The van der Waals surface area contributed by atoms with Gasteiger partial charge in [0.1, 0.15) is 0 Å². The molecule has 5 nitrogen and oxygen atoms in total.